The number of likely N-dealkylation sites (tertiary alicyclic amines) is 1. The van der Waals surface area contributed by atoms with E-state index in [1.807, 2.05) is 0 Å². The van der Waals surface area contributed by atoms with E-state index >= 15 is 0 Å². The van der Waals surface area contributed by atoms with E-state index in [9.17, 15) is 0 Å². The maximum Gasteiger partial charge on any atom is 0.0250 e. The zero-order valence-corrected chi connectivity index (χ0v) is 13.9. The van der Waals surface area contributed by atoms with Gasteiger partial charge in [0.2, 0.25) is 0 Å². The van der Waals surface area contributed by atoms with Gasteiger partial charge >= 0.3 is 0 Å². The first-order valence-electron chi connectivity index (χ1n) is 7.26. The average Bonchev–Trinajstić information content (AvgIpc) is 2.69. The van der Waals surface area contributed by atoms with E-state index in [4.69, 9.17) is 0 Å². The first-order valence-corrected chi connectivity index (χ1v) is 8.05. The zero-order chi connectivity index (χ0) is 13.9. The summed E-state index contributed by atoms with van der Waals surface area (Å²) in [7, 11) is 0. The molecule has 1 saturated heterocycles. The molecule has 1 heterocycles. The molecule has 0 radical (unpaired) electrons. The molecule has 1 aliphatic heterocycles. The fraction of sp³-hybridized carbons (Fsp3) is 0.625. The van der Waals surface area contributed by atoms with Gasteiger partial charge in [0.05, 0.1) is 0 Å². The minimum atomic E-state index is 0.349. The van der Waals surface area contributed by atoms with Gasteiger partial charge in [0, 0.05) is 23.1 Å². The van der Waals surface area contributed by atoms with Gasteiger partial charge in [0.25, 0.3) is 0 Å². The van der Waals surface area contributed by atoms with Gasteiger partial charge in [-0.2, -0.15) is 0 Å². The van der Waals surface area contributed by atoms with Crippen LogP contribution in [0, 0.1) is 0 Å². The molecule has 106 valence electrons. The molecule has 2 rings (SSSR count). The summed E-state index contributed by atoms with van der Waals surface area (Å²) in [5.74, 6) is 0. The van der Waals surface area contributed by atoms with Crippen molar-refractivity contribution in [3.63, 3.8) is 0 Å². The van der Waals surface area contributed by atoms with E-state index < -0.39 is 0 Å². The molecule has 0 aliphatic carbocycles. The second kappa shape index (κ2) is 6.38. The third-order valence-electron chi connectivity index (χ3n) is 4.13. The van der Waals surface area contributed by atoms with Crippen molar-refractivity contribution in [1.82, 2.24) is 10.2 Å². The molecular formula is C16H25BrN2. The van der Waals surface area contributed by atoms with Gasteiger partial charge in [-0.1, -0.05) is 35.0 Å². The highest BCUT2D eigenvalue weighted by Crippen LogP contribution is 2.31. The van der Waals surface area contributed by atoms with Gasteiger partial charge in [-0.05, 0) is 57.0 Å². The van der Waals surface area contributed by atoms with Crippen LogP contribution in [0.25, 0.3) is 0 Å². The smallest absolute Gasteiger partial charge is 0.0250 e. The van der Waals surface area contributed by atoms with Crippen LogP contribution in [0.4, 0.5) is 0 Å². The van der Waals surface area contributed by atoms with Crippen LogP contribution < -0.4 is 5.32 Å². The molecular weight excluding hydrogens is 300 g/mol. The van der Waals surface area contributed by atoms with E-state index in [-0.39, 0.29) is 0 Å². The van der Waals surface area contributed by atoms with Gasteiger partial charge in [0.15, 0.2) is 0 Å². The summed E-state index contributed by atoms with van der Waals surface area (Å²) in [5, 5.41) is 3.37. The molecule has 1 fully saturated rings. The van der Waals surface area contributed by atoms with Gasteiger partial charge in [0.1, 0.15) is 0 Å². The summed E-state index contributed by atoms with van der Waals surface area (Å²) in [6, 6.07) is 6.76. The summed E-state index contributed by atoms with van der Waals surface area (Å²) in [4.78, 5) is 2.59. The lowest BCUT2D eigenvalue weighted by atomic mass is 10.0. The van der Waals surface area contributed by atoms with Gasteiger partial charge < -0.3 is 5.32 Å². The van der Waals surface area contributed by atoms with E-state index in [1.54, 1.807) is 0 Å². The highest BCUT2D eigenvalue weighted by Gasteiger charge is 2.31. The van der Waals surface area contributed by atoms with Crippen molar-refractivity contribution >= 4 is 15.9 Å². The normalized spacial score (nSPS) is 18.9. The quantitative estimate of drug-likeness (QED) is 0.882. The number of rotatable bonds is 5. The third kappa shape index (κ3) is 3.80. The van der Waals surface area contributed by atoms with Crippen molar-refractivity contribution in [3.8, 4) is 0 Å². The molecule has 2 nitrogen and oxygen atoms in total. The summed E-state index contributed by atoms with van der Waals surface area (Å²) >= 11 is 3.73. The van der Waals surface area contributed by atoms with Crippen LogP contribution in [0.5, 0.6) is 0 Å². The minimum absolute atomic E-state index is 0.349. The van der Waals surface area contributed by atoms with Crippen LogP contribution in [-0.4, -0.2) is 23.5 Å². The number of halogens is 1. The molecule has 0 saturated carbocycles. The Morgan fingerprint density at radius 1 is 1.37 bits per heavy atom. The highest BCUT2D eigenvalue weighted by molar-refractivity contribution is 9.10. The molecule has 19 heavy (non-hydrogen) atoms. The van der Waals surface area contributed by atoms with Crippen molar-refractivity contribution in [2.75, 3.05) is 13.1 Å². The number of benzene rings is 1. The van der Waals surface area contributed by atoms with Crippen molar-refractivity contribution in [3.05, 3.63) is 33.8 Å². The summed E-state index contributed by atoms with van der Waals surface area (Å²) in [6.45, 7) is 11.1. The topological polar surface area (TPSA) is 15.3 Å². The molecule has 1 aromatic carbocycles. The fourth-order valence-corrected chi connectivity index (χ4v) is 3.31. The van der Waals surface area contributed by atoms with Crippen molar-refractivity contribution in [2.45, 2.75) is 52.2 Å². The molecule has 0 aromatic heterocycles. The van der Waals surface area contributed by atoms with Crippen molar-refractivity contribution in [1.29, 1.82) is 0 Å². The van der Waals surface area contributed by atoms with E-state index in [0.717, 1.165) is 19.6 Å². The molecule has 1 aromatic rings. The Morgan fingerprint density at radius 2 is 2.16 bits per heavy atom. The van der Waals surface area contributed by atoms with E-state index in [2.05, 4.69) is 65.1 Å². The predicted molar refractivity (Wildman–Crippen MR) is 85.2 cm³/mol. The standard InChI is InChI=1S/C16H25BrN2/c1-4-18-11-13-6-7-14(15(17)10-13)12-19-9-5-8-16(19,2)3/h6-7,10,18H,4-5,8-9,11-12H2,1-3H3. The third-order valence-corrected chi connectivity index (χ3v) is 4.87. The summed E-state index contributed by atoms with van der Waals surface area (Å²) in [5.41, 5.74) is 3.09. The molecule has 0 atom stereocenters. The van der Waals surface area contributed by atoms with Crippen LogP contribution >= 0.6 is 15.9 Å². The Balaban J connectivity index is 2.05. The van der Waals surface area contributed by atoms with Crippen molar-refractivity contribution in [2.24, 2.45) is 0 Å². The largest absolute Gasteiger partial charge is 0.313 e. The lowest BCUT2D eigenvalue weighted by Crippen LogP contribution is -2.37. The van der Waals surface area contributed by atoms with Crippen molar-refractivity contribution < 1.29 is 0 Å². The molecule has 1 N–H and O–H groups in total. The van der Waals surface area contributed by atoms with Crippen LogP contribution in [-0.2, 0) is 13.1 Å². The summed E-state index contributed by atoms with van der Waals surface area (Å²) < 4.78 is 1.24. The van der Waals surface area contributed by atoms with Gasteiger partial charge in [-0.3, -0.25) is 4.90 Å². The Hall–Kier alpha value is -0.380. The molecule has 1 aliphatic rings. The monoisotopic (exact) mass is 324 g/mol. The Morgan fingerprint density at radius 3 is 2.74 bits per heavy atom. The number of hydrogen-bond acceptors (Lipinski definition) is 2. The van der Waals surface area contributed by atoms with Crippen LogP contribution in [0.3, 0.4) is 0 Å². The number of hydrogen-bond donors (Lipinski definition) is 1. The molecule has 3 heteroatoms. The molecule has 0 bridgehead atoms. The van der Waals surface area contributed by atoms with E-state index in [0.29, 0.717) is 5.54 Å². The molecule has 0 unspecified atom stereocenters. The lowest BCUT2D eigenvalue weighted by molar-refractivity contribution is 0.166. The second-order valence-corrected chi connectivity index (χ2v) is 6.90. The molecule has 0 amide bonds. The first-order chi connectivity index (χ1) is 9.03. The van der Waals surface area contributed by atoms with Gasteiger partial charge in [-0.25, -0.2) is 0 Å². The SMILES string of the molecule is CCNCc1ccc(CN2CCCC2(C)C)c(Br)c1. The Kier molecular flexibility index (Phi) is 5.04. The lowest BCUT2D eigenvalue weighted by Gasteiger charge is -2.31. The van der Waals surface area contributed by atoms with Crippen LogP contribution in [0.15, 0.2) is 22.7 Å². The maximum absolute atomic E-state index is 3.73. The Bertz CT molecular complexity index is 429. The van der Waals surface area contributed by atoms with Crippen LogP contribution in [0.2, 0.25) is 0 Å². The fourth-order valence-electron chi connectivity index (χ4n) is 2.76. The number of nitrogens with one attached hydrogen (secondary N) is 1. The highest BCUT2D eigenvalue weighted by atomic mass is 79.9. The predicted octanol–water partition coefficient (Wildman–Crippen LogP) is 3.93. The van der Waals surface area contributed by atoms with Crippen LogP contribution in [0.1, 0.15) is 44.7 Å². The zero-order valence-electron chi connectivity index (χ0n) is 12.3. The average molecular weight is 325 g/mol. The maximum atomic E-state index is 3.73. The molecule has 0 spiro atoms. The number of nitrogens with zero attached hydrogens (tertiary/aromatic N) is 1. The summed E-state index contributed by atoms with van der Waals surface area (Å²) in [6.07, 6.45) is 2.63. The first kappa shape index (κ1) is 15.0. The van der Waals surface area contributed by atoms with Gasteiger partial charge in [-0.15, -0.1) is 0 Å². The van der Waals surface area contributed by atoms with E-state index in [1.165, 1.54) is 35.0 Å². The second-order valence-electron chi connectivity index (χ2n) is 6.04. The minimum Gasteiger partial charge on any atom is -0.313 e. The Labute approximate surface area is 125 Å².